The van der Waals surface area contributed by atoms with Gasteiger partial charge in [-0.15, -0.1) is 0 Å². The molecule has 0 spiro atoms. The molecule has 132 valence electrons. The van der Waals surface area contributed by atoms with Crippen LogP contribution in [-0.4, -0.2) is 37.1 Å². The lowest BCUT2D eigenvalue weighted by Crippen LogP contribution is -3.09. The average Bonchev–Trinajstić information content (AvgIpc) is 3.07. The van der Waals surface area contributed by atoms with Crippen molar-refractivity contribution in [2.45, 2.75) is 32.4 Å². The van der Waals surface area contributed by atoms with Gasteiger partial charge in [0.2, 0.25) is 0 Å². The number of likely N-dealkylation sites (tertiary alicyclic amines) is 1. The van der Waals surface area contributed by atoms with Crippen molar-refractivity contribution in [3.8, 4) is 11.5 Å². The first kappa shape index (κ1) is 17.5. The monoisotopic (exact) mass is 339 g/mol. The van der Waals surface area contributed by atoms with Gasteiger partial charge < -0.3 is 14.7 Å². The van der Waals surface area contributed by atoms with Gasteiger partial charge in [0.15, 0.2) is 0 Å². The molecule has 3 rings (SSSR count). The second-order valence-corrected chi connectivity index (χ2v) is 6.66. The fraction of sp³-hybridized carbons (Fsp3) is 0.381. The molecule has 1 aliphatic rings. The maximum Gasteiger partial charge on any atom is 0.128 e. The summed E-state index contributed by atoms with van der Waals surface area (Å²) in [5.74, 6) is 0.930. The highest BCUT2D eigenvalue weighted by Gasteiger charge is 2.25. The molecule has 0 aromatic heterocycles. The number of nitrogens with zero attached hydrogens (tertiary/aromatic N) is 1. The zero-order valence-corrected chi connectivity index (χ0v) is 14.8. The minimum Gasteiger partial charge on any atom is -0.507 e. The van der Waals surface area contributed by atoms with E-state index in [2.05, 4.69) is 37.3 Å². The third kappa shape index (κ3) is 5.07. The van der Waals surface area contributed by atoms with Gasteiger partial charge in [0.25, 0.3) is 0 Å². The van der Waals surface area contributed by atoms with Crippen molar-refractivity contribution in [3.63, 3.8) is 0 Å². The smallest absolute Gasteiger partial charge is 0.128 e. The van der Waals surface area contributed by atoms with Crippen molar-refractivity contribution in [2.75, 3.05) is 19.7 Å². The molecule has 1 saturated heterocycles. The van der Waals surface area contributed by atoms with Crippen molar-refractivity contribution >= 4 is 6.21 Å². The molecule has 2 atom stereocenters. The molecule has 25 heavy (non-hydrogen) atoms. The van der Waals surface area contributed by atoms with Crippen molar-refractivity contribution in [1.82, 2.24) is 0 Å². The molecular weight excluding hydrogens is 312 g/mol. The van der Waals surface area contributed by atoms with Gasteiger partial charge in [0, 0.05) is 29.8 Å². The molecule has 2 aromatic carbocycles. The Morgan fingerprint density at radius 2 is 2.08 bits per heavy atom. The van der Waals surface area contributed by atoms with Gasteiger partial charge in [0.05, 0.1) is 13.2 Å². The lowest BCUT2D eigenvalue weighted by atomic mass is 10.2. The number of phenolic OH excluding ortho intramolecular Hbond substituents is 1. The van der Waals surface area contributed by atoms with Gasteiger partial charge in [0.1, 0.15) is 30.6 Å². The molecule has 1 heterocycles. The van der Waals surface area contributed by atoms with E-state index in [4.69, 9.17) is 9.73 Å². The van der Waals surface area contributed by atoms with E-state index >= 15 is 0 Å². The van der Waals surface area contributed by atoms with Crippen LogP contribution in [0.3, 0.4) is 0 Å². The largest absolute Gasteiger partial charge is 0.507 e. The number of phenols is 1. The van der Waals surface area contributed by atoms with Gasteiger partial charge in [-0.25, -0.2) is 0 Å². The van der Waals surface area contributed by atoms with Crippen molar-refractivity contribution in [2.24, 2.45) is 4.99 Å². The predicted octanol–water partition coefficient (Wildman–Crippen LogP) is 2.46. The highest BCUT2D eigenvalue weighted by Crippen LogP contribution is 2.22. The number of aromatic hydroxyl groups is 1. The molecule has 2 N–H and O–H groups in total. The number of hydrogen-bond acceptors (Lipinski definition) is 3. The van der Waals surface area contributed by atoms with Crippen LogP contribution in [0.25, 0.3) is 0 Å². The summed E-state index contributed by atoms with van der Waals surface area (Å²) >= 11 is 0. The maximum atomic E-state index is 10.1. The third-order valence-electron chi connectivity index (χ3n) is 4.55. The minimum absolute atomic E-state index is 0.226. The number of rotatable bonds is 7. The molecular formula is C21H27N2O2+. The van der Waals surface area contributed by atoms with E-state index in [1.807, 2.05) is 12.1 Å². The number of nitrogens with one attached hydrogen (secondary N) is 1. The van der Waals surface area contributed by atoms with Gasteiger partial charge in [-0.2, -0.15) is 0 Å². The Labute approximate surface area is 149 Å². The molecule has 0 amide bonds. The average molecular weight is 339 g/mol. The van der Waals surface area contributed by atoms with E-state index < -0.39 is 0 Å². The summed E-state index contributed by atoms with van der Waals surface area (Å²) in [6, 6.07) is 16.4. The number of benzene rings is 2. The normalized spacial score (nSPS) is 20.2. The van der Waals surface area contributed by atoms with E-state index in [0.717, 1.165) is 38.0 Å². The summed E-state index contributed by atoms with van der Waals surface area (Å²) in [4.78, 5) is 6.26. The topological polar surface area (TPSA) is 46.3 Å². The minimum atomic E-state index is 0.226. The van der Waals surface area contributed by atoms with Gasteiger partial charge >= 0.3 is 0 Å². The van der Waals surface area contributed by atoms with Crippen molar-refractivity contribution in [3.05, 3.63) is 59.7 Å². The Morgan fingerprint density at radius 1 is 1.24 bits per heavy atom. The predicted molar refractivity (Wildman–Crippen MR) is 101 cm³/mol. The van der Waals surface area contributed by atoms with Crippen LogP contribution < -0.4 is 9.64 Å². The lowest BCUT2D eigenvalue weighted by Gasteiger charge is -2.12. The zero-order chi connectivity index (χ0) is 17.5. The first-order chi connectivity index (χ1) is 12.2. The Morgan fingerprint density at radius 3 is 2.84 bits per heavy atom. The molecule has 0 aliphatic carbocycles. The highest BCUT2D eigenvalue weighted by atomic mass is 16.5. The molecule has 0 radical (unpaired) electrons. The lowest BCUT2D eigenvalue weighted by molar-refractivity contribution is -0.901. The van der Waals surface area contributed by atoms with Crippen LogP contribution in [0, 0.1) is 0 Å². The van der Waals surface area contributed by atoms with E-state index in [-0.39, 0.29) is 5.75 Å². The number of ether oxygens (including phenoxy) is 1. The molecule has 4 heteroatoms. The van der Waals surface area contributed by atoms with Crippen LogP contribution in [-0.2, 0) is 6.54 Å². The number of hydrogen-bond donors (Lipinski definition) is 2. The summed E-state index contributed by atoms with van der Waals surface area (Å²) in [6.45, 7) is 5.97. The summed E-state index contributed by atoms with van der Waals surface area (Å²) in [5, 5.41) is 10.1. The molecule has 0 bridgehead atoms. The maximum absolute atomic E-state index is 10.1. The Kier molecular flexibility index (Phi) is 6.07. The second kappa shape index (κ2) is 8.67. The van der Waals surface area contributed by atoms with Crippen molar-refractivity contribution < 1.29 is 14.7 Å². The summed E-state index contributed by atoms with van der Waals surface area (Å²) in [6.07, 6.45) is 3.85. The highest BCUT2D eigenvalue weighted by molar-refractivity contribution is 5.83. The van der Waals surface area contributed by atoms with E-state index in [1.54, 1.807) is 17.2 Å². The summed E-state index contributed by atoms with van der Waals surface area (Å²) in [7, 11) is 0. The van der Waals surface area contributed by atoms with Crippen LogP contribution in [0.15, 0.2) is 53.5 Å². The van der Waals surface area contributed by atoms with E-state index in [9.17, 15) is 5.11 Å². The number of quaternary nitrogens is 1. The van der Waals surface area contributed by atoms with E-state index in [0.29, 0.717) is 18.4 Å². The second-order valence-electron chi connectivity index (χ2n) is 6.66. The SMILES string of the molecule is CCCOc1ccc(C=N[C@@H]2CC[NH+](Cc3ccccc3)C2)c(O)c1. The fourth-order valence-corrected chi connectivity index (χ4v) is 3.21. The molecule has 1 unspecified atom stereocenters. The van der Waals surface area contributed by atoms with Crippen LogP contribution in [0.5, 0.6) is 11.5 Å². The van der Waals surface area contributed by atoms with Crippen LogP contribution in [0.4, 0.5) is 0 Å². The zero-order valence-electron chi connectivity index (χ0n) is 14.8. The molecule has 1 fully saturated rings. The summed E-state index contributed by atoms with van der Waals surface area (Å²) in [5.41, 5.74) is 2.13. The Hall–Kier alpha value is -2.33. The van der Waals surface area contributed by atoms with Crippen LogP contribution >= 0.6 is 0 Å². The quantitative estimate of drug-likeness (QED) is 0.761. The fourth-order valence-electron chi connectivity index (χ4n) is 3.21. The van der Waals surface area contributed by atoms with Gasteiger partial charge in [-0.05, 0) is 18.6 Å². The molecule has 1 aliphatic heterocycles. The van der Waals surface area contributed by atoms with Gasteiger partial charge in [-0.1, -0.05) is 37.3 Å². The van der Waals surface area contributed by atoms with Gasteiger partial charge in [-0.3, -0.25) is 4.99 Å². The summed E-state index contributed by atoms with van der Waals surface area (Å²) < 4.78 is 5.53. The Balaban J connectivity index is 1.54. The van der Waals surface area contributed by atoms with Crippen LogP contribution in [0.1, 0.15) is 30.9 Å². The van der Waals surface area contributed by atoms with E-state index in [1.165, 1.54) is 5.56 Å². The Bertz CT molecular complexity index is 700. The first-order valence-electron chi connectivity index (χ1n) is 9.11. The standard InChI is InChI=1S/C21H26N2O2/c1-2-12-25-20-9-8-18(21(24)13-20)14-22-19-10-11-23(16-19)15-17-6-4-3-5-7-17/h3-9,13-14,19,24H,2,10-12,15-16H2,1H3/p+1/t19-/m1/s1. The molecule has 2 aromatic rings. The molecule has 4 nitrogen and oxygen atoms in total. The van der Waals surface area contributed by atoms with Crippen molar-refractivity contribution in [1.29, 1.82) is 0 Å². The first-order valence-corrected chi connectivity index (χ1v) is 9.11. The third-order valence-corrected chi connectivity index (χ3v) is 4.55. The number of aliphatic imine (C=N–C) groups is 1. The molecule has 0 saturated carbocycles. The van der Waals surface area contributed by atoms with Crippen LogP contribution in [0.2, 0.25) is 0 Å².